The Hall–Kier alpha value is -2.70. The number of carbonyl (C=O) groups is 1. The van der Waals surface area contributed by atoms with Crippen LogP contribution >= 0.6 is 23.2 Å². The van der Waals surface area contributed by atoms with Crippen molar-refractivity contribution in [3.05, 3.63) is 67.9 Å². The average molecular weight is 421 g/mol. The first kappa shape index (κ1) is 20.0. The van der Waals surface area contributed by atoms with Gasteiger partial charge in [0.1, 0.15) is 5.75 Å². The maximum Gasteiger partial charge on any atom is 0.291 e. The number of amides is 1. The molecule has 0 aliphatic rings. The first-order valence-corrected chi connectivity index (χ1v) is 9.31. The summed E-state index contributed by atoms with van der Waals surface area (Å²) in [5.74, 6) is -0.647. The van der Waals surface area contributed by atoms with Crippen LogP contribution in [0, 0.1) is 0 Å². The summed E-state index contributed by atoms with van der Waals surface area (Å²) in [5.41, 5.74) is 0.633. The number of aromatic hydroxyl groups is 1. The largest absolute Gasteiger partial charge is 0.502 e. The van der Waals surface area contributed by atoms with Crippen molar-refractivity contribution < 1.29 is 14.6 Å². The predicted octanol–water partition coefficient (Wildman–Crippen LogP) is 3.91. The van der Waals surface area contributed by atoms with Gasteiger partial charge in [-0.15, -0.1) is 0 Å². The van der Waals surface area contributed by atoms with E-state index in [2.05, 4.69) is 10.3 Å². The number of H-pyrrole nitrogens is 1. The van der Waals surface area contributed by atoms with Gasteiger partial charge < -0.3 is 20.1 Å². The molecule has 0 saturated carbocycles. The molecule has 0 radical (unpaired) electrons. The van der Waals surface area contributed by atoms with Crippen LogP contribution < -0.4 is 15.6 Å². The van der Waals surface area contributed by atoms with E-state index in [9.17, 15) is 14.7 Å². The van der Waals surface area contributed by atoms with E-state index in [1.54, 1.807) is 30.3 Å². The fourth-order valence-corrected chi connectivity index (χ4v) is 3.22. The maximum atomic E-state index is 12.6. The van der Waals surface area contributed by atoms with Crippen LogP contribution in [0.2, 0.25) is 10.0 Å². The van der Waals surface area contributed by atoms with Crippen molar-refractivity contribution in [2.24, 2.45) is 0 Å². The number of aryl methyl sites for hydroxylation is 1. The first-order valence-electron chi connectivity index (χ1n) is 8.56. The Morgan fingerprint density at radius 2 is 1.96 bits per heavy atom. The van der Waals surface area contributed by atoms with E-state index in [1.165, 1.54) is 7.11 Å². The number of nitrogens with one attached hydrogen (secondary N) is 2. The van der Waals surface area contributed by atoms with E-state index in [-0.39, 0.29) is 5.56 Å². The van der Waals surface area contributed by atoms with Gasteiger partial charge in [0.25, 0.3) is 11.5 Å². The van der Waals surface area contributed by atoms with Crippen LogP contribution in [0.15, 0.2) is 41.2 Å². The van der Waals surface area contributed by atoms with Crippen LogP contribution in [0.4, 0.5) is 0 Å². The van der Waals surface area contributed by atoms with Crippen molar-refractivity contribution in [1.82, 2.24) is 10.3 Å². The standard InChI is InChI=1S/C20H18Cl2N2O4/c1-28-12-5-7-16-13(10-12)17(18(25)20(27)24-16)19(26)23-8-2-3-11-4-6-14(21)15(22)9-11/h4-7,9-10,25H,2-3,8H2,1H3,(H,23,26)(H,24,27). The Morgan fingerprint density at radius 1 is 1.18 bits per heavy atom. The summed E-state index contributed by atoms with van der Waals surface area (Å²) in [6.45, 7) is 0.358. The Kier molecular flexibility index (Phi) is 6.11. The smallest absolute Gasteiger partial charge is 0.291 e. The summed E-state index contributed by atoms with van der Waals surface area (Å²) < 4.78 is 5.17. The monoisotopic (exact) mass is 420 g/mol. The van der Waals surface area contributed by atoms with Gasteiger partial charge in [0.05, 0.1) is 22.7 Å². The molecule has 1 amide bonds. The van der Waals surface area contributed by atoms with Crippen LogP contribution in [0.1, 0.15) is 22.3 Å². The van der Waals surface area contributed by atoms with Crippen molar-refractivity contribution in [2.45, 2.75) is 12.8 Å². The van der Waals surface area contributed by atoms with Crippen LogP contribution in [0.5, 0.6) is 11.5 Å². The van der Waals surface area contributed by atoms with Gasteiger partial charge in [0.2, 0.25) is 0 Å². The van der Waals surface area contributed by atoms with Crippen molar-refractivity contribution in [2.75, 3.05) is 13.7 Å². The average Bonchev–Trinajstić information content (AvgIpc) is 2.68. The lowest BCUT2D eigenvalue weighted by Crippen LogP contribution is -2.26. The zero-order valence-corrected chi connectivity index (χ0v) is 16.5. The molecule has 0 fully saturated rings. The lowest BCUT2D eigenvalue weighted by molar-refractivity contribution is 0.0952. The highest BCUT2D eigenvalue weighted by Crippen LogP contribution is 2.26. The quantitative estimate of drug-likeness (QED) is 0.527. The third-order valence-electron chi connectivity index (χ3n) is 4.34. The molecule has 1 heterocycles. The van der Waals surface area contributed by atoms with Gasteiger partial charge in [-0.1, -0.05) is 29.3 Å². The number of fused-ring (bicyclic) bond motifs is 1. The summed E-state index contributed by atoms with van der Waals surface area (Å²) in [4.78, 5) is 27.1. The molecule has 0 aliphatic heterocycles. The summed E-state index contributed by atoms with van der Waals surface area (Å²) in [6.07, 6.45) is 1.34. The molecule has 3 aromatic rings. The predicted molar refractivity (Wildman–Crippen MR) is 110 cm³/mol. The maximum absolute atomic E-state index is 12.6. The highest BCUT2D eigenvalue weighted by Gasteiger charge is 2.19. The lowest BCUT2D eigenvalue weighted by Gasteiger charge is -2.11. The molecule has 1 aromatic heterocycles. The van der Waals surface area contributed by atoms with E-state index >= 15 is 0 Å². The number of ether oxygens (including phenoxy) is 1. The second-order valence-corrected chi connectivity index (χ2v) is 7.01. The number of carbonyl (C=O) groups excluding carboxylic acids is 1. The SMILES string of the molecule is COc1ccc2[nH]c(=O)c(O)c(C(=O)NCCCc3ccc(Cl)c(Cl)c3)c2c1. The highest BCUT2D eigenvalue weighted by molar-refractivity contribution is 6.42. The third-order valence-corrected chi connectivity index (χ3v) is 5.07. The number of aromatic amines is 1. The number of pyridine rings is 1. The van der Waals surface area contributed by atoms with Crippen LogP contribution in [0.25, 0.3) is 10.9 Å². The minimum atomic E-state index is -0.723. The topological polar surface area (TPSA) is 91.4 Å². The van der Waals surface area contributed by atoms with Crippen molar-refractivity contribution in [3.8, 4) is 11.5 Å². The molecule has 3 N–H and O–H groups in total. The normalized spacial score (nSPS) is 10.8. The number of hydrogen-bond acceptors (Lipinski definition) is 4. The molecule has 0 aliphatic carbocycles. The minimum absolute atomic E-state index is 0.0767. The fourth-order valence-electron chi connectivity index (χ4n) is 2.90. The van der Waals surface area contributed by atoms with Crippen molar-refractivity contribution >= 4 is 40.0 Å². The summed E-state index contributed by atoms with van der Waals surface area (Å²) >= 11 is 11.9. The molecule has 0 unspecified atom stereocenters. The second-order valence-electron chi connectivity index (χ2n) is 6.20. The van der Waals surface area contributed by atoms with E-state index < -0.39 is 17.2 Å². The van der Waals surface area contributed by atoms with Gasteiger partial charge in [0.15, 0.2) is 5.75 Å². The molecule has 0 bridgehead atoms. The van der Waals surface area contributed by atoms with Gasteiger partial charge >= 0.3 is 0 Å². The first-order chi connectivity index (χ1) is 13.4. The number of methoxy groups -OCH3 is 1. The molecule has 28 heavy (non-hydrogen) atoms. The van der Waals surface area contributed by atoms with Crippen LogP contribution in [-0.2, 0) is 6.42 Å². The Balaban J connectivity index is 1.74. The summed E-state index contributed by atoms with van der Waals surface area (Å²) in [5, 5.41) is 14.3. The van der Waals surface area contributed by atoms with Gasteiger partial charge in [0, 0.05) is 17.4 Å². The third kappa shape index (κ3) is 4.24. The number of hydrogen-bond donors (Lipinski definition) is 3. The molecule has 6 nitrogen and oxygen atoms in total. The molecule has 8 heteroatoms. The molecular weight excluding hydrogens is 403 g/mol. The van der Waals surface area contributed by atoms with Crippen LogP contribution in [-0.4, -0.2) is 29.7 Å². The van der Waals surface area contributed by atoms with Crippen LogP contribution in [0.3, 0.4) is 0 Å². The number of aromatic nitrogens is 1. The van der Waals surface area contributed by atoms with E-state index in [1.807, 2.05) is 6.07 Å². The molecular formula is C20H18Cl2N2O4. The molecule has 0 spiro atoms. The molecule has 146 valence electrons. The zero-order valence-electron chi connectivity index (χ0n) is 15.0. The number of rotatable bonds is 6. The Bertz CT molecular complexity index is 1100. The molecule has 0 atom stereocenters. The molecule has 2 aromatic carbocycles. The van der Waals surface area contributed by atoms with Gasteiger partial charge in [-0.3, -0.25) is 9.59 Å². The number of halogens is 2. The van der Waals surface area contributed by atoms with Gasteiger partial charge in [-0.25, -0.2) is 0 Å². The summed E-state index contributed by atoms with van der Waals surface area (Å²) in [6, 6.07) is 10.3. The number of benzene rings is 2. The fraction of sp³-hybridized carbons (Fsp3) is 0.200. The van der Waals surface area contributed by atoms with Crippen molar-refractivity contribution in [3.63, 3.8) is 0 Å². The molecule has 3 rings (SSSR count). The van der Waals surface area contributed by atoms with E-state index in [0.29, 0.717) is 46.1 Å². The van der Waals surface area contributed by atoms with E-state index in [4.69, 9.17) is 27.9 Å². The second kappa shape index (κ2) is 8.54. The Labute approximate surface area is 171 Å². The molecule has 0 saturated heterocycles. The van der Waals surface area contributed by atoms with Gasteiger partial charge in [-0.05, 0) is 48.7 Å². The van der Waals surface area contributed by atoms with Gasteiger partial charge in [-0.2, -0.15) is 0 Å². The highest BCUT2D eigenvalue weighted by atomic mass is 35.5. The zero-order chi connectivity index (χ0) is 20.3. The Morgan fingerprint density at radius 3 is 2.68 bits per heavy atom. The van der Waals surface area contributed by atoms with E-state index in [0.717, 1.165) is 5.56 Å². The minimum Gasteiger partial charge on any atom is -0.502 e. The summed E-state index contributed by atoms with van der Waals surface area (Å²) in [7, 11) is 1.50. The van der Waals surface area contributed by atoms with Crippen molar-refractivity contribution in [1.29, 1.82) is 0 Å². The lowest BCUT2D eigenvalue weighted by atomic mass is 10.1.